The molecule has 0 atom stereocenters. The molecule has 0 aliphatic carbocycles. The first kappa shape index (κ1) is 21.1. The van der Waals surface area contributed by atoms with Gasteiger partial charge in [0.1, 0.15) is 10.8 Å². The summed E-state index contributed by atoms with van der Waals surface area (Å²) in [5, 5.41) is 4.72. The maximum atomic E-state index is 13.1. The Morgan fingerprint density at radius 2 is 1.97 bits per heavy atom. The fourth-order valence-electron chi connectivity index (χ4n) is 3.25. The number of carbonyl (C=O) groups is 1. The summed E-state index contributed by atoms with van der Waals surface area (Å²) in [7, 11) is 3.21. The van der Waals surface area contributed by atoms with Crippen molar-refractivity contribution < 1.29 is 18.7 Å². The Morgan fingerprint density at radius 3 is 2.68 bits per heavy atom. The van der Waals surface area contributed by atoms with Crippen LogP contribution in [0.25, 0.3) is 10.6 Å². The summed E-state index contributed by atoms with van der Waals surface area (Å²) >= 11 is 3.11. The second-order valence-corrected chi connectivity index (χ2v) is 8.66. The fraction of sp³-hybridized carbons (Fsp3) is 0.217. The Hall–Kier alpha value is -3.10. The van der Waals surface area contributed by atoms with E-state index >= 15 is 0 Å². The molecule has 6 nitrogen and oxygen atoms in total. The van der Waals surface area contributed by atoms with Gasteiger partial charge < -0.3 is 18.8 Å². The van der Waals surface area contributed by atoms with Gasteiger partial charge in [0, 0.05) is 10.3 Å². The van der Waals surface area contributed by atoms with Crippen LogP contribution in [0, 0.1) is 0 Å². The molecule has 0 saturated carbocycles. The van der Waals surface area contributed by atoms with Gasteiger partial charge in [0.25, 0.3) is 0 Å². The van der Waals surface area contributed by atoms with Gasteiger partial charge in [0.15, 0.2) is 11.5 Å². The Kier molecular flexibility index (Phi) is 6.69. The molecule has 0 spiro atoms. The van der Waals surface area contributed by atoms with Gasteiger partial charge in [0.05, 0.1) is 51.3 Å². The zero-order valence-corrected chi connectivity index (χ0v) is 18.9. The third kappa shape index (κ3) is 4.98. The number of methoxy groups -OCH3 is 2. The van der Waals surface area contributed by atoms with Crippen LogP contribution in [0.1, 0.15) is 16.3 Å². The molecule has 1 aromatic carbocycles. The fourth-order valence-corrected chi connectivity index (χ4v) is 4.81. The molecule has 0 aliphatic rings. The van der Waals surface area contributed by atoms with Crippen LogP contribution in [0.4, 0.5) is 0 Å². The average molecular weight is 455 g/mol. The van der Waals surface area contributed by atoms with Crippen LogP contribution >= 0.6 is 22.7 Å². The maximum Gasteiger partial charge on any atom is 0.229 e. The highest BCUT2D eigenvalue weighted by molar-refractivity contribution is 7.13. The van der Waals surface area contributed by atoms with Crippen molar-refractivity contribution in [2.75, 3.05) is 14.2 Å². The standard InChI is InChI=1S/C23H22N2O4S2/c1-27-20-9-3-8-19(22(20)28-2)23-24-16(15-31-23)12-21(26)25(13-17-6-4-10-29-17)14-18-7-5-11-30-18/h3-11,15H,12-14H2,1-2H3. The van der Waals surface area contributed by atoms with Crippen LogP contribution in [0.15, 0.2) is 63.9 Å². The lowest BCUT2D eigenvalue weighted by molar-refractivity contribution is -0.132. The summed E-state index contributed by atoms with van der Waals surface area (Å²) in [6.07, 6.45) is 1.84. The molecule has 0 bridgehead atoms. The van der Waals surface area contributed by atoms with Crippen molar-refractivity contribution in [1.82, 2.24) is 9.88 Å². The number of aromatic nitrogens is 1. The molecule has 3 aromatic heterocycles. The Morgan fingerprint density at radius 1 is 1.06 bits per heavy atom. The number of ether oxygens (including phenoxy) is 2. The maximum absolute atomic E-state index is 13.1. The average Bonchev–Trinajstić information content (AvgIpc) is 3.56. The predicted octanol–water partition coefficient (Wildman–Crippen LogP) is 5.25. The van der Waals surface area contributed by atoms with Gasteiger partial charge in [-0.25, -0.2) is 4.98 Å². The Balaban J connectivity index is 1.53. The number of nitrogens with zero attached hydrogens (tertiary/aromatic N) is 2. The van der Waals surface area contributed by atoms with E-state index in [1.807, 2.05) is 53.2 Å². The molecule has 160 valence electrons. The van der Waals surface area contributed by atoms with Gasteiger partial charge in [-0.3, -0.25) is 4.79 Å². The number of amides is 1. The van der Waals surface area contributed by atoms with E-state index in [0.29, 0.717) is 24.6 Å². The van der Waals surface area contributed by atoms with Gasteiger partial charge in [-0.15, -0.1) is 22.7 Å². The first-order chi connectivity index (χ1) is 15.2. The van der Waals surface area contributed by atoms with E-state index in [2.05, 4.69) is 0 Å². The summed E-state index contributed by atoms with van der Waals surface area (Å²) in [6, 6.07) is 13.4. The van der Waals surface area contributed by atoms with E-state index < -0.39 is 0 Å². The molecule has 0 radical (unpaired) electrons. The van der Waals surface area contributed by atoms with Crippen molar-refractivity contribution in [3.8, 4) is 22.1 Å². The van der Waals surface area contributed by atoms with Gasteiger partial charge in [-0.1, -0.05) is 12.1 Å². The summed E-state index contributed by atoms with van der Waals surface area (Å²) < 4.78 is 16.4. The Labute approximate surface area is 188 Å². The monoisotopic (exact) mass is 454 g/mol. The number of rotatable bonds is 9. The van der Waals surface area contributed by atoms with E-state index in [4.69, 9.17) is 18.9 Å². The molecule has 8 heteroatoms. The summed E-state index contributed by atoms with van der Waals surface area (Å²) in [5.41, 5.74) is 1.57. The smallest absolute Gasteiger partial charge is 0.229 e. The molecular formula is C23H22N2O4S2. The molecule has 3 heterocycles. The highest BCUT2D eigenvalue weighted by Gasteiger charge is 2.20. The molecule has 4 rings (SSSR count). The van der Waals surface area contributed by atoms with E-state index in [1.54, 1.807) is 36.7 Å². The van der Waals surface area contributed by atoms with Crippen LogP contribution in [0.3, 0.4) is 0 Å². The van der Waals surface area contributed by atoms with Crippen molar-refractivity contribution in [3.63, 3.8) is 0 Å². The van der Waals surface area contributed by atoms with Crippen molar-refractivity contribution in [2.24, 2.45) is 0 Å². The number of furan rings is 1. The lowest BCUT2D eigenvalue weighted by atomic mass is 10.2. The van der Waals surface area contributed by atoms with Crippen molar-refractivity contribution in [3.05, 3.63) is 75.8 Å². The van der Waals surface area contributed by atoms with Crippen LogP contribution in [-0.2, 0) is 24.3 Å². The third-order valence-corrected chi connectivity index (χ3v) is 6.51. The number of benzene rings is 1. The van der Waals surface area contributed by atoms with Gasteiger partial charge in [-0.2, -0.15) is 0 Å². The molecule has 31 heavy (non-hydrogen) atoms. The number of thiazole rings is 1. The SMILES string of the molecule is COc1cccc(-c2nc(CC(=O)N(Cc3ccco3)Cc3cccs3)cs2)c1OC. The number of hydrogen-bond acceptors (Lipinski definition) is 7. The highest BCUT2D eigenvalue weighted by atomic mass is 32.1. The number of carbonyl (C=O) groups excluding carboxylic acids is 1. The molecule has 0 aliphatic heterocycles. The summed E-state index contributed by atoms with van der Waals surface area (Å²) in [5.74, 6) is 2.03. The van der Waals surface area contributed by atoms with Crippen molar-refractivity contribution in [1.29, 1.82) is 0 Å². The summed E-state index contributed by atoms with van der Waals surface area (Å²) in [6.45, 7) is 0.961. The van der Waals surface area contributed by atoms with Crippen LogP contribution in [0.5, 0.6) is 11.5 Å². The molecule has 0 saturated heterocycles. The van der Waals surface area contributed by atoms with Gasteiger partial charge in [-0.05, 0) is 35.7 Å². The van der Waals surface area contributed by atoms with Gasteiger partial charge in [0.2, 0.25) is 5.91 Å². The van der Waals surface area contributed by atoms with Crippen LogP contribution in [0.2, 0.25) is 0 Å². The third-order valence-electron chi connectivity index (χ3n) is 4.72. The lowest BCUT2D eigenvalue weighted by Gasteiger charge is -2.20. The van der Waals surface area contributed by atoms with Gasteiger partial charge >= 0.3 is 0 Å². The molecular weight excluding hydrogens is 432 g/mol. The van der Waals surface area contributed by atoms with Crippen molar-refractivity contribution in [2.45, 2.75) is 19.5 Å². The minimum absolute atomic E-state index is 0.000688. The number of para-hydroxylation sites is 1. The number of hydrogen-bond donors (Lipinski definition) is 0. The summed E-state index contributed by atoms with van der Waals surface area (Å²) in [4.78, 5) is 20.8. The topological polar surface area (TPSA) is 64.8 Å². The van der Waals surface area contributed by atoms with Crippen LogP contribution in [-0.4, -0.2) is 30.0 Å². The second kappa shape index (κ2) is 9.80. The quantitative estimate of drug-likeness (QED) is 0.345. The minimum Gasteiger partial charge on any atom is -0.493 e. The Bertz CT molecular complexity index is 1080. The predicted molar refractivity (Wildman–Crippen MR) is 122 cm³/mol. The molecule has 4 aromatic rings. The molecule has 0 N–H and O–H groups in total. The van der Waals surface area contributed by atoms with E-state index in [9.17, 15) is 4.79 Å². The van der Waals surface area contributed by atoms with E-state index in [1.165, 1.54) is 11.3 Å². The molecule has 0 fully saturated rings. The van der Waals surface area contributed by atoms with E-state index in [0.717, 1.165) is 26.9 Å². The second-order valence-electron chi connectivity index (χ2n) is 6.77. The zero-order valence-electron chi connectivity index (χ0n) is 17.2. The molecule has 1 amide bonds. The first-order valence-electron chi connectivity index (χ1n) is 9.66. The lowest BCUT2D eigenvalue weighted by Crippen LogP contribution is -2.31. The normalized spacial score (nSPS) is 10.8. The minimum atomic E-state index is -0.000688. The van der Waals surface area contributed by atoms with Crippen LogP contribution < -0.4 is 9.47 Å². The highest BCUT2D eigenvalue weighted by Crippen LogP contribution is 2.39. The largest absolute Gasteiger partial charge is 0.493 e. The zero-order chi connectivity index (χ0) is 21.6. The van der Waals surface area contributed by atoms with E-state index in [-0.39, 0.29) is 12.3 Å². The number of thiophene rings is 1. The first-order valence-corrected chi connectivity index (χ1v) is 11.4. The molecule has 0 unspecified atom stereocenters. The van der Waals surface area contributed by atoms with Crippen molar-refractivity contribution >= 4 is 28.6 Å².